The van der Waals surface area contributed by atoms with E-state index in [1.54, 1.807) is 60.7 Å². The molecule has 2 aliphatic carbocycles. The summed E-state index contributed by atoms with van der Waals surface area (Å²) in [4.78, 5) is 66.2. The second-order valence-electron chi connectivity index (χ2n) is 16.1. The number of hydrogen-bond donors (Lipinski definition) is 2. The zero-order valence-electron chi connectivity index (χ0n) is 33.4. The van der Waals surface area contributed by atoms with Gasteiger partial charge in [-0.25, -0.2) is 4.98 Å². The fourth-order valence-corrected chi connectivity index (χ4v) is 10.0. The first-order valence-electron chi connectivity index (χ1n) is 19.9. The van der Waals surface area contributed by atoms with E-state index in [2.05, 4.69) is 20.6 Å². The normalized spacial score (nSPS) is 24.4. The molecule has 4 amide bonds. The molecule has 5 aromatic rings. The summed E-state index contributed by atoms with van der Waals surface area (Å²) < 4.78 is 40.6. The van der Waals surface area contributed by atoms with Crippen LogP contribution in [0.5, 0.6) is 5.75 Å². The number of hydrazine groups is 1. The minimum Gasteiger partial charge on any atom is -0.508 e. The number of aromatic hydroxyl groups is 1. The van der Waals surface area contributed by atoms with E-state index in [0.717, 1.165) is 15.6 Å². The van der Waals surface area contributed by atoms with Gasteiger partial charge in [-0.3, -0.25) is 29.5 Å². The van der Waals surface area contributed by atoms with E-state index in [9.17, 15) is 32.7 Å². The van der Waals surface area contributed by atoms with Crippen molar-refractivity contribution in [1.29, 1.82) is 0 Å². The van der Waals surface area contributed by atoms with Crippen molar-refractivity contribution in [3.63, 3.8) is 0 Å². The number of carbonyl (C=O) groups is 4. The summed E-state index contributed by atoms with van der Waals surface area (Å²) in [5.41, 5.74) is 3.84. The predicted molar refractivity (Wildman–Crippen MR) is 229 cm³/mol. The molecule has 0 radical (unpaired) electrons. The Morgan fingerprint density at radius 1 is 0.825 bits per heavy atom. The fraction of sp³-hybridized carbons (Fsp3) is 0.239. The highest BCUT2D eigenvalue weighted by Gasteiger charge is 2.70. The topological polar surface area (TPSA) is 148 Å². The van der Waals surface area contributed by atoms with Gasteiger partial charge in [-0.2, -0.15) is 28.4 Å². The maximum absolute atomic E-state index is 15.3. The number of pyridine rings is 1. The molecule has 0 spiro atoms. The van der Waals surface area contributed by atoms with Crippen molar-refractivity contribution in [3.8, 4) is 5.75 Å². The van der Waals surface area contributed by atoms with Crippen molar-refractivity contribution in [3.05, 3.63) is 148 Å². The Bertz CT molecular complexity index is 2730. The largest absolute Gasteiger partial charge is 0.508 e. The number of fused-ring (bicyclic) bond motifs is 4. The van der Waals surface area contributed by atoms with Crippen molar-refractivity contribution in [2.45, 2.75) is 30.4 Å². The minimum absolute atomic E-state index is 0.0527. The van der Waals surface area contributed by atoms with E-state index >= 15 is 4.79 Å². The van der Waals surface area contributed by atoms with E-state index < -0.39 is 75.4 Å². The number of rotatable bonds is 8. The van der Waals surface area contributed by atoms with Gasteiger partial charge in [0.2, 0.25) is 11.8 Å². The number of anilines is 3. The summed E-state index contributed by atoms with van der Waals surface area (Å²) >= 11 is 12.6. The molecule has 2 saturated heterocycles. The first-order chi connectivity index (χ1) is 30.1. The lowest BCUT2D eigenvalue weighted by Gasteiger charge is -2.50. The smallest absolute Gasteiger partial charge is 0.417 e. The number of amides is 4. The lowest BCUT2D eigenvalue weighted by Crippen LogP contribution is -2.53. The van der Waals surface area contributed by atoms with Crippen molar-refractivity contribution in [2.24, 2.45) is 33.9 Å². The summed E-state index contributed by atoms with van der Waals surface area (Å²) in [6.45, 7) is 0. The van der Waals surface area contributed by atoms with E-state index in [-0.39, 0.29) is 24.4 Å². The van der Waals surface area contributed by atoms with Crippen LogP contribution in [-0.2, 0) is 30.8 Å². The number of phenols is 1. The standard InChI is InChI=1S/C46H36Cl2F3N7O5/c1-56(2)30-13-9-28(10-14-30)53-54-29-11-15-31(16-12-29)57-41(60)34-20-19-33-35(38(34)43(57)62)22-36-42(61)58(55-40-37(48)21-26(23-52-40)46(49,50)51)44(63)45(36,25-5-7-27(47)8-6-25)39(33)24-3-17-32(59)18-4-24/h3-19,21,23,34-36,38-39,59H,20,22H2,1-2H3,(H,52,55). The number of nitrogens with one attached hydrogen (secondary N) is 1. The Kier molecular flexibility index (Phi) is 10.4. The van der Waals surface area contributed by atoms with Gasteiger partial charge in [0.05, 0.1) is 50.8 Å². The average molecular weight is 895 g/mol. The molecule has 4 aromatic carbocycles. The highest BCUT2D eigenvalue weighted by atomic mass is 35.5. The van der Waals surface area contributed by atoms with Crippen LogP contribution in [0.25, 0.3) is 0 Å². The molecule has 1 saturated carbocycles. The first-order valence-corrected chi connectivity index (χ1v) is 20.6. The van der Waals surface area contributed by atoms with Crippen molar-refractivity contribution in [2.75, 3.05) is 29.3 Å². The molecule has 2 N–H and O–H groups in total. The maximum atomic E-state index is 15.3. The Labute approximate surface area is 368 Å². The number of carbonyl (C=O) groups excluding carboxylic acids is 4. The zero-order chi connectivity index (χ0) is 44.5. The molecular formula is C46H36Cl2F3N7O5. The number of allylic oxidation sites excluding steroid dienone is 2. The van der Waals surface area contributed by atoms with Crippen LogP contribution in [-0.4, -0.2) is 52.8 Å². The van der Waals surface area contributed by atoms with Crippen molar-refractivity contribution >= 4 is 75.4 Å². The van der Waals surface area contributed by atoms with Crippen LogP contribution >= 0.6 is 23.2 Å². The van der Waals surface area contributed by atoms with Gasteiger partial charge < -0.3 is 10.0 Å². The van der Waals surface area contributed by atoms with Gasteiger partial charge in [-0.05, 0) is 109 Å². The van der Waals surface area contributed by atoms with Gasteiger partial charge in [0, 0.05) is 36.9 Å². The average Bonchev–Trinajstić information content (AvgIpc) is 3.64. The highest BCUT2D eigenvalue weighted by molar-refractivity contribution is 6.33. The number of alkyl halides is 3. The van der Waals surface area contributed by atoms with Gasteiger partial charge in [0.1, 0.15) is 5.75 Å². The minimum atomic E-state index is -4.76. The van der Waals surface area contributed by atoms with Crippen LogP contribution in [0.2, 0.25) is 10.0 Å². The maximum Gasteiger partial charge on any atom is 0.417 e. The SMILES string of the molecule is CN(C)c1ccc(N=Nc2ccc(N3C(=O)C4CC=C5C(CC6C(=O)N(Nc7ncc(C(F)(F)F)cc7Cl)C(=O)C6(c6ccc(Cl)cc6)C5c5ccc(O)cc5)C4C3=O)cc2)cc1. The molecule has 2 aliphatic heterocycles. The third kappa shape index (κ3) is 6.99. The number of aromatic nitrogens is 1. The third-order valence-electron chi connectivity index (χ3n) is 12.5. The van der Waals surface area contributed by atoms with Gasteiger partial charge in [0.15, 0.2) is 5.82 Å². The molecule has 17 heteroatoms. The molecular weight excluding hydrogens is 858 g/mol. The van der Waals surface area contributed by atoms with Crippen LogP contribution in [0.4, 0.5) is 41.7 Å². The van der Waals surface area contributed by atoms with Gasteiger partial charge in [0.25, 0.3) is 11.8 Å². The molecule has 6 atom stereocenters. The van der Waals surface area contributed by atoms with Crippen LogP contribution < -0.4 is 15.2 Å². The van der Waals surface area contributed by atoms with Crippen LogP contribution in [0.3, 0.4) is 0 Å². The number of azo groups is 1. The number of nitrogens with zero attached hydrogens (tertiary/aromatic N) is 6. The quantitative estimate of drug-likeness (QED) is 0.0889. The van der Waals surface area contributed by atoms with E-state index in [1.807, 2.05) is 49.3 Å². The number of hydrogen-bond acceptors (Lipinski definition) is 10. The van der Waals surface area contributed by atoms with Gasteiger partial charge in [-0.15, -0.1) is 0 Å². The summed E-state index contributed by atoms with van der Waals surface area (Å²) in [7, 11) is 3.87. The van der Waals surface area contributed by atoms with Gasteiger partial charge >= 0.3 is 6.18 Å². The Hall–Kier alpha value is -6.58. The summed E-state index contributed by atoms with van der Waals surface area (Å²) in [6.07, 6.45) is -2.24. The Balaban J connectivity index is 1.10. The van der Waals surface area contributed by atoms with Crippen LogP contribution in [0, 0.1) is 23.7 Å². The number of phenolic OH excluding ortho intramolecular Hbond substituents is 1. The predicted octanol–water partition coefficient (Wildman–Crippen LogP) is 9.78. The third-order valence-corrected chi connectivity index (χ3v) is 13.1. The molecule has 12 nitrogen and oxygen atoms in total. The zero-order valence-corrected chi connectivity index (χ0v) is 34.9. The van der Waals surface area contributed by atoms with Crippen LogP contribution in [0.1, 0.15) is 35.4 Å². The molecule has 4 aliphatic rings. The van der Waals surface area contributed by atoms with E-state index in [4.69, 9.17) is 23.2 Å². The molecule has 63 heavy (non-hydrogen) atoms. The molecule has 1 aromatic heterocycles. The fourth-order valence-electron chi connectivity index (χ4n) is 9.68. The Morgan fingerprint density at radius 3 is 2.06 bits per heavy atom. The van der Waals surface area contributed by atoms with E-state index in [0.29, 0.717) is 51.0 Å². The van der Waals surface area contributed by atoms with E-state index in [1.165, 1.54) is 12.1 Å². The molecule has 3 heterocycles. The molecule has 3 fully saturated rings. The monoisotopic (exact) mass is 893 g/mol. The molecule has 6 unspecified atom stereocenters. The summed E-state index contributed by atoms with van der Waals surface area (Å²) in [6, 6.07) is 27.4. The second kappa shape index (κ2) is 15.6. The first kappa shape index (κ1) is 41.8. The number of halogens is 5. The lowest BCUT2D eigenvalue weighted by molar-refractivity contribution is -0.139. The van der Waals surface area contributed by atoms with Gasteiger partial charge in [-0.1, -0.05) is 59.1 Å². The number of benzene rings is 4. The highest BCUT2D eigenvalue weighted by Crippen LogP contribution is 2.64. The van der Waals surface area contributed by atoms with Crippen molar-refractivity contribution < 1.29 is 37.5 Å². The molecule has 9 rings (SSSR count). The molecule has 320 valence electrons. The summed E-state index contributed by atoms with van der Waals surface area (Å²) in [5, 5.41) is 19.6. The summed E-state index contributed by atoms with van der Waals surface area (Å²) in [5.74, 6) is -7.34. The molecule has 0 bridgehead atoms. The van der Waals surface area contributed by atoms with Crippen LogP contribution in [0.15, 0.2) is 131 Å². The lowest BCUT2D eigenvalue weighted by atomic mass is 9.49. The Morgan fingerprint density at radius 2 is 1.46 bits per heavy atom. The number of imide groups is 2. The second-order valence-corrected chi connectivity index (χ2v) is 17.0. The van der Waals surface area contributed by atoms with Crippen molar-refractivity contribution in [1.82, 2.24) is 9.99 Å².